The fourth-order valence-corrected chi connectivity index (χ4v) is 0.391. The molecule has 0 aliphatic heterocycles. The Labute approximate surface area is 50.7 Å². The largest absolute Gasteiger partial charge is 0.416 e. The first-order valence-corrected chi connectivity index (χ1v) is 2.60. The maximum Gasteiger partial charge on any atom is 0.416 e. The predicted molar refractivity (Wildman–Crippen MR) is 26.9 cm³/mol. The van der Waals surface area contributed by atoms with Gasteiger partial charge in [0.05, 0.1) is 6.08 Å². The summed E-state index contributed by atoms with van der Waals surface area (Å²) >= 11 is 0. The van der Waals surface area contributed by atoms with E-state index in [1.165, 1.54) is 0 Å². The van der Waals surface area contributed by atoms with Crippen LogP contribution in [0.3, 0.4) is 0 Å². The van der Waals surface area contributed by atoms with Gasteiger partial charge < -0.3 is 0 Å². The van der Waals surface area contributed by atoms with E-state index in [1.54, 1.807) is 0 Å². The number of halogens is 3. The Morgan fingerprint density at radius 3 is 2.22 bits per heavy atom. The van der Waals surface area contributed by atoms with Gasteiger partial charge in [-0.3, -0.25) is 0 Å². The van der Waals surface area contributed by atoms with E-state index in [1.807, 2.05) is 0 Å². The van der Waals surface area contributed by atoms with E-state index in [-0.39, 0.29) is 6.08 Å². The predicted octanol–water partition coefficient (Wildman–Crippen LogP) is 2.42. The number of allylic oxidation sites excluding steroid dienone is 1. The second-order valence-corrected chi connectivity index (χ2v) is 1.93. The summed E-state index contributed by atoms with van der Waals surface area (Å²) in [4.78, 5) is 0. The lowest BCUT2D eigenvalue weighted by Crippen LogP contribution is -1.99. The Morgan fingerprint density at radius 1 is 1.33 bits per heavy atom. The van der Waals surface area contributed by atoms with Crippen LogP contribution in [0.4, 0.5) is 13.2 Å². The van der Waals surface area contributed by atoms with Gasteiger partial charge in [-0.05, 0) is 18.4 Å². The van der Waals surface area contributed by atoms with Crippen LogP contribution in [0.5, 0.6) is 0 Å². The molecule has 0 bridgehead atoms. The van der Waals surface area contributed by atoms with Crippen LogP contribution >= 0.6 is 0 Å². The Hall–Kier alpha value is -0.690. The molecule has 0 aromatic heterocycles. The first kappa shape index (κ1) is 6.43. The fraction of sp³-hybridized carbons (Fsp3) is 0.500. The third kappa shape index (κ3) is 2.98. The molecule has 0 aromatic rings. The number of rotatable bonds is 0. The van der Waals surface area contributed by atoms with E-state index in [2.05, 4.69) is 5.73 Å². The Kier molecular flexibility index (Phi) is 1.37. The molecule has 1 aliphatic rings. The van der Waals surface area contributed by atoms with Gasteiger partial charge in [0.25, 0.3) is 0 Å². The van der Waals surface area contributed by atoms with Crippen molar-refractivity contribution >= 4 is 0 Å². The monoisotopic (exact) mass is 134 g/mol. The van der Waals surface area contributed by atoms with Crippen molar-refractivity contribution < 1.29 is 13.2 Å². The molecule has 1 rings (SSSR count). The van der Waals surface area contributed by atoms with Crippen LogP contribution in [0, 0.1) is 0 Å². The lowest BCUT2D eigenvalue weighted by atomic mass is 10.5. The second kappa shape index (κ2) is 1.92. The summed E-state index contributed by atoms with van der Waals surface area (Å²) in [7, 11) is 0. The first-order valence-electron chi connectivity index (χ1n) is 2.60. The van der Waals surface area contributed by atoms with Gasteiger partial charge in [0.1, 0.15) is 0 Å². The van der Waals surface area contributed by atoms with Crippen LogP contribution in [-0.4, -0.2) is 6.18 Å². The Morgan fingerprint density at radius 2 is 1.89 bits per heavy atom. The zero-order chi connectivity index (χ0) is 6.91. The van der Waals surface area contributed by atoms with Gasteiger partial charge in [0, 0.05) is 0 Å². The molecular weight excluding hydrogens is 129 g/mol. The minimum Gasteiger partial charge on any atom is -0.166 e. The van der Waals surface area contributed by atoms with E-state index >= 15 is 0 Å². The highest BCUT2D eigenvalue weighted by Crippen LogP contribution is 2.27. The number of hydrogen-bond donors (Lipinski definition) is 0. The van der Waals surface area contributed by atoms with Crippen molar-refractivity contribution in [3.05, 3.63) is 17.4 Å². The fourth-order valence-electron chi connectivity index (χ4n) is 0.391. The summed E-state index contributed by atoms with van der Waals surface area (Å²) in [6.45, 7) is 0. The average Bonchev–Trinajstić information content (AvgIpc) is 2.38. The molecule has 0 atom stereocenters. The molecule has 0 amide bonds. The molecule has 0 radical (unpaired) electrons. The SMILES string of the molecule is FC(F)(F)C=C=C1CC1. The highest BCUT2D eigenvalue weighted by Gasteiger charge is 2.22. The molecule has 9 heavy (non-hydrogen) atoms. The summed E-state index contributed by atoms with van der Waals surface area (Å²) in [6.07, 6.45) is -2.45. The zero-order valence-electron chi connectivity index (χ0n) is 4.63. The van der Waals surface area contributed by atoms with Crippen molar-refractivity contribution in [2.75, 3.05) is 0 Å². The third-order valence-electron chi connectivity index (χ3n) is 0.940. The Bertz CT molecular complexity index is 163. The molecule has 0 nitrogen and oxygen atoms in total. The number of alkyl halides is 3. The lowest BCUT2D eigenvalue weighted by Gasteiger charge is -1.91. The molecule has 0 N–H and O–H groups in total. The van der Waals surface area contributed by atoms with Gasteiger partial charge >= 0.3 is 6.18 Å². The molecular formula is C6H5F3. The van der Waals surface area contributed by atoms with Crippen molar-refractivity contribution in [2.45, 2.75) is 19.0 Å². The maximum absolute atomic E-state index is 11.3. The second-order valence-electron chi connectivity index (χ2n) is 1.93. The van der Waals surface area contributed by atoms with Crippen molar-refractivity contribution in [3.63, 3.8) is 0 Å². The summed E-state index contributed by atoms with van der Waals surface area (Å²) in [5.74, 6) is 0. The van der Waals surface area contributed by atoms with Crippen molar-refractivity contribution in [1.82, 2.24) is 0 Å². The summed E-state index contributed by atoms with van der Waals surface area (Å²) < 4.78 is 33.9. The van der Waals surface area contributed by atoms with Crippen LogP contribution in [0.15, 0.2) is 17.4 Å². The Balaban J connectivity index is 2.58. The van der Waals surface area contributed by atoms with E-state index in [0.29, 0.717) is 0 Å². The first-order chi connectivity index (χ1) is 4.08. The molecule has 1 aliphatic carbocycles. The minimum atomic E-state index is -4.18. The molecule has 1 fully saturated rings. The summed E-state index contributed by atoms with van der Waals surface area (Å²) in [6, 6.07) is 0. The van der Waals surface area contributed by atoms with Crippen LogP contribution in [0.25, 0.3) is 0 Å². The number of hydrogen-bond acceptors (Lipinski definition) is 0. The standard InChI is InChI=1S/C6H5F3/c7-6(8,9)4-3-5-1-2-5/h4H,1-2H2. The average molecular weight is 134 g/mol. The zero-order valence-corrected chi connectivity index (χ0v) is 4.63. The third-order valence-corrected chi connectivity index (χ3v) is 0.940. The van der Waals surface area contributed by atoms with Crippen molar-refractivity contribution in [3.8, 4) is 0 Å². The van der Waals surface area contributed by atoms with Crippen LogP contribution < -0.4 is 0 Å². The molecule has 0 heterocycles. The molecule has 0 unspecified atom stereocenters. The van der Waals surface area contributed by atoms with Gasteiger partial charge in [-0.1, -0.05) is 0 Å². The van der Waals surface area contributed by atoms with Crippen LogP contribution in [-0.2, 0) is 0 Å². The highest BCUT2D eigenvalue weighted by atomic mass is 19.4. The quantitative estimate of drug-likeness (QED) is 0.446. The van der Waals surface area contributed by atoms with E-state index in [9.17, 15) is 13.2 Å². The smallest absolute Gasteiger partial charge is 0.166 e. The molecule has 0 saturated heterocycles. The van der Waals surface area contributed by atoms with Gasteiger partial charge in [0.15, 0.2) is 0 Å². The lowest BCUT2D eigenvalue weighted by molar-refractivity contribution is -0.0796. The highest BCUT2D eigenvalue weighted by molar-refractivity contribution is 5.16. The van der Waals surface area contributed by atoms with Gasteiger partial charge in [-0.2, -0.15) is 13.2 Å². The summed E-state index contributed by atoms with van der Waals surface area (Å²) in [5, 5.41) is 0. The minimum absolute atomic E-state index is 0.162. The topological polar surface area (TPSA) is 0 Å². The van der Waals surface area contributed by atoms with E-state index < -0.39 is 6.18 Å². The normalized spacial score (nSPS) is 17.0. The molecule has 3 heteroatoms. The molecule has 0 aromatic carbocycles. The molecule has 50 valence electrons. The van der Waals surface area contributed by atoms with Gasteiger partial charge in [0.2, 0.25) is 0 Å². The molecule has 0 spiro atoms. The van der Waals surface area contributed by atoms with Crippen LogP contribution in [0.1, 0.15) is 12.8 Å². The summed E-state index contributed by atoms with van der Waals surface area (Å²) in [5.41, 5.74) is 2.93. The maximum atomic E-state index is 11.3. The van der Waals surface area contributed by atoms with Crippen molar-refractivity contribution in [2.24, 2.45) is 0 Å². The molecule has 1 saturated carbocycles. The van der Waals surface area contributed by atoms with Crippen LogP contribution in [0.2, 0.25) is 0 Å². The van der Waals surface area contributed by atoms with E-state index in [0.717, 1.165) is 18.4 Å². The van der Waals surface area contributed by atoms with E-state index in [4.69, 9.17) is 0 Å². The van der Waals surface area contributed by atoms with Gasteiger partial charge in [-0.25, -0.2) is 0 Å². The van der Waals surface area contributed by atoms with Gasteiger partial charge in [-0.15, -0.1) is 5.73 Å². The van der Waals surface area contributed by atoms with Crippen molar-refractivity contribution in [1.29, 1.82) is 0 Å².